The van der Waals surface area contributed by atoms with Crippen LogP contribution in [0.3, 0.4) is 0 Å². The van der Waals surface area contributed by atoms with Gasteiger partial charge in [-0.2, -0.15) is 0 Å². The van der Waals surface area contributed by atoms with Gasteiger partial charge in [0.1, 0.15) is 11.5 Å². The summed E-state index contributed by atoms with van der Waals surface area (Å²) in [5, 5.41) is 2.91. The number of amides is 1. The third kappa shape index (κ3) is 7.25. The molecule has 0 aromatic heterocycles. The van der Waals surface area contributed by atoms with E-state index in [9.17, 15) is 4.79 Å². The van der Waals surface area contributed by atoms with E-state index in [2.05, 4.69) is 42.0 Å². The van der Waals surface area contributed by atoms with Crippen molar-refractivity contribution in [3.63, 3.8) is 0 Å². The van der Waals surface area contributed by atoms with Gasteiger partial charge in [0.15, 0.2) is 0 Å². The number of anilines is 1. The van der Waals surface area contributed by atoms with Gasteiger partial charge in [0, 0.05) is 17.3 Å². The predicted octanol–water partition coefficient (Wildman–Crippen LogP) is 6.31. The highest BCUT2D eigenvalue weighted by atomic mass is 79.9. The molecule has 0 radical (unpaired) electrons. The maximum atomic E-state index is 12.5. The number of hydrogen-bond acceptors (Lipinski definition) is 3. The van der Waals surface area contributed by atoms with E-state index in [1.165, 1.54) is 0 Å². The first-order chi connectivity index (χ1) is 13.0. The Morgan fingerprint density at radius 2 is 1.93 bits per heavy atom. The number of carbonyl (C=O) groups is 1. The molecule has 0 saturated heterocycles. The average Bonchev–Trinajstić information content (AvgIpc) is 2.63. The first-order valence-electron chi connectivity index (χ1n) is 9.46. The molecular formula is C22H28BrNO3. The summed E-state index contributed by atoms with van der Waals surface area (Å²) in [5.41, 5.74) is 1.28. The lowest BCUT2D eigenvalue weighted by Crippen LogP contribution is -2.12. The Morgan fingerprint density at radius 3 is 2.63 bits per heavy atom. The number of nitrogens with one attached hydrogen (secondary N) is 1. The molecule has 0 atom stereocenters. The van der Waals surface area contributed by atoms with Crippen molar-refractivity contribution in [2.75, 3.05) is 18.5 Å². The van der Waals surface area contributed by atoms with Crippen LogP contribution in [-0.2, 0) is 0 Å². The lowest BCUT2D eigenvalue weighted by atomic mass is 10.1. The Labute approximate surface area is 170 Å². The molecule has 0 aliphatic rings. The summed E-state index contributed by atoms with van der Waals surface area (Å²) >= 11 is 3.49. The second-order valence-corrected chi connectivity index (χ2v) is 7.71. The van der Waals surface area contributed by atoms with Crippen molar-refractivity contribution >= 4 is 27.5 Å². The van der Waals surface area contributed by atoms with Crippen molar-refractivity contribution in [1.29, 1.82) is 0 Å². The minimum absolute atomic E-state index is 0.171. The van der Waals surface area contributed by atoms with Crippen LogP contribution >= 0.6 is 15.9 Å². The molecule has 146 valence electrons. The van der Waals surface area contributed by atoms with Gasteiger partial charge < -0.3 is 14.8 Å². The van der Waals surface area contributed by atoms with Gasteiger partial charge in [-0.1, -0.05) is 33.3 Å². The molecular weight excluding hydrogens is 406 g/mol. The van der Waals surface area contributed by atoms with E-state index in [1.807, 2.05) is 30.3 Å². The fourth-order valence-corrected chi connectivity index (χ4v) is 2.86. The third-order valence-electron chi connectivity index (χ3n) is 4.01. The molecule has 0 unspecified atom stereocenters. The molecule has 4 nitrogen and oxygen atoms in total. The molecule has 0 spiro atoms. The molecule has 0 heterocycles. The second kappa shape index (κ2) is 11.0. The molecule has 27 heavy (non-hydrogen) atoms. The molecule has 2 rings (SSSR count). The Bertz CT molecular complexity index is 746. The molecule has 5 heteroatoms. The highest BCUT2D eigenvalue weighted by molar-refractivity contribution is 9.10. The lowest BCUT2D eigenvalue weighted by molar-refractivity contribution is 0.102. The highest BCUT2D eigenvalue weighted by Gasteiger charge is 2.10. The average molecular weight is 434 g/mol. The van der Waals surface area contributed by atoms with Crippen LogP contribution in [0.25, 0.3) is 0 Å². The predicted molar refractivity (Wildman–Crippen MR) is 114 cm³/mol. The molecule has 2 aromatic carbocycles. The summed E-state index contributed by atoms with van der Waals surface area (Å²) in [6.07, 6.45) is 3.09. The Balaban J connectivity index is 1.97. The largest absolute Gasteiger partial charge is 0.494 e. The maximum absolute atomic E-state index is 12.5. The molecule has 2 aromatic rings. The van der Waals surface area contributed by atoms with Gasteiger partial charge >= 0.3 is 0 Å². The summed E-state index contributed by atoms with van der Waals surface area (Å²) in [7, 11) is 0. The molecule has 0 aliphatic heterocycles. The van der Waals surface area contributed by atoms with E-state index in [0.29, 0.717) is 30.4 Å². The zero-order valence-corrected chi connectivity index (χ0v) is 17.8. The molecule has 0 aliphatic carbocycles. The third-order valence-corrected chi connectivity index (χ3v) is 4.63. The van der Waals surface area contributed by atoms with Crippen molar-refractivity contribution in [1.82, 2.24) is 0 Å². The highest BCUT2D eigenvalue weighted by Crippen LogP contribution is 2.27. The number of carbonyl (C=O) groups excluding carboxylic acids is 1. The SMILES string of the molecule is CCCCOc1cccc(NC(=O)c2ccc(OCCC(C)C)c(Br)c2)c1. The minimum atomic E-state index is -0.171. The normalized spacial score (nSPS) is 10.7. The minimum Gasteiger partial charge on any atom is -0.494 e. The van der Waals surface area contributed by atoms with Crippen LogP contribution in [-0.4, -0.2) is 19.1 Å². The fourth-order valence-electron chi connectivity index (χ4n) is 2.36. The van der Waals surface area contributed by atoms with Crippen LogP contribution in [0, 0.1) is 5.92 Å². The number of rotatable bonds is 10. The van der Waals surface area contributed by atoms with E-state index in [4.69, 9.17) is 9.47 Å². The molecule has 0 saturated carbocycles. The smallest absolute Gasteiger partial charge is 0.255 e. The van der Waals surface area contributed by atoms with Crippen molar-refractivity contribution in [3.05, 3.63) is 52.5 Å². The van der Waals surface area contributed by atoms with E-state index in [-0.39, 0.29) is 5.91 Å². The summed E-state index contributed by atoms with van der Waals surface area (Å²) in [5.74, 6) is 1.93. The Morgan fingerprint density at radius 1 is 1.11 bits per heavy atom. The maximum Gasteiger partial charge on any atom is 0.255 e. The first-order valence-corrected chi connectivity index (χ1v) is 10.3. The molecule has 0 bridgehead atoms. The zero-order valence-electron chi connectivity index (χ0n) is 16.3. The van der Waals surface area contributed by atoms with E-state index < -0.39 is 0 Å². The van der Waals surface area contributed by atoms with Gasteiger partial charge in [0.2, 0.25) is 0 Å². The Kier molecular flexibility index (Phi) is 8.65. The molecule has 1 amide bonds. The second-order valence-electron chi connectivity index (χ2n) is 6.86. The summed E-state index contributed by atoms with van der Waals surface area (Å²) in [6, 6.07) is 12.8. The number of hydrogen-bond donors (Lipinski definition) is 1. The van der Waals surface area contributed by atoms with E-state index >= 15 is 0 Å². The van der Waals surface area contributed by atoms with Crippen LogP contribution in [0.4, 0.5) is 5.69 Å². The van der Waals surface area contributed by atoms with E-state index in [1.54, 1.807) is 12.1 Å². The zero-order chi connectivity index (χ0) is 19.6. The first kappa shape index (κ1) is 21.3. The molecule has 0 fully saturated rings. The van der Waals surface area contributed by atoms with Crippen LogP contribution in [0.5, 0.6) is 11.5 Å². The van der Waals surface area contributed by atoms with Gasteiger partial charge in [0.05, 0.1) is 17.7 Å². The molecule has 1 N–H and O–H groups in total. The number of ether oxygens (including phenoxy) is 2. The summed E-state index contributed by atoms with van der Waals surface area (Å²) < 4.78 is 12.2. The standard InChI is InChI=1S/C22H28BrNO3/c1-4-5-12-26-19-8-6-7-18(15-19)24-22(25)17-9-10-21(20(23)14-17)27-13-11-16(2)3/h6-10,14-16H,4-5,11-13H2,1-3H3,(H,24,25). The van der Waals surface area contributed by atoms with Gasteiger partial charge in [-0.05, 0) is 65.0 Å². The number of benzene rings is 2. The van der Waals surface area contributed by atoms with Crippen LogP contribution in [0.2, 0.25) is 0 Å². The van der Waals surface area contributed by atoms with Crippen molar-refractivity contribution in [2.24, 2.45) is 5.92 Å². The van der Waals surface area contributed by atoms with Gasteiger partial charge in [-0.25, -0.2) is 0 Å². The number of unbranched alkanes of at least 4 members (excludes halogenated alkanes) is 1. The van der Waals surface area contributed by atoms with Gasteiger partial charge in [0.25, 0.3) is 5.91 Å². The van der Waals surface area contributed by atoms with Crippen LogP contribution in [0.1, 0.15) is 50.4 Å². The topological polar surface area (TPSA) is 47.6 Å². The summed E-state index contributed by atoms with van der Waals surface area (Å²) in [6.45, 7) is 7.79. The van der Waals surface area contributed by atoms with Gasteiger partial charge in [-0.15, -0.1) is 0 Å². The van der Waals surface area contributed by atoms with Crippen LogP contribution < -0.4 is 14.8 Å². The van der Waals surface area contributed by atoms with E-state index in [0.717, 1.165) is 35.2 Å². The lowest BCUT2D eigenvalue weighted by Gasteiger charge is -2.12. The quantitative estimate of drug-likeness (QED) is 0.446. The van der Waals surface area contributed by atoms with Crippen molar-refractivity contribution in [2.45, 2.75) is 40.0 Å². The van der Waals surface area contributed by atoms with Crippen molar-refractivity contribution in [3.8, 4) is 11.5 Å². The van der Waals surface area contributed by atoms with Crippen molar-refractivity contribution < 1.29 is 14.3 Å². The summed E-state index contributed by atoms with van der Waals surface area (Å²) in [4.78, 5) is 12.5. The Hall–Kier alpha value is -2.01. The number of halogens is 1. The fraction of sp³-hybridized carbons (Fsp3) is 0.409. The monoisotopic (exact) mass is 433 g/mol. The van der Waals surface area contributed by atoms with Gasteiger partial charge in [-0.3, -0.25) is 4.79 Å². The van der Waals surface area contributed by atoms with Crippen LogP contribution in [0.15, 0.2) is 46.9 Å².